The zero-order valence-electron chi connectivity index (χ0n) is 7.78. The first-order chi connectivity index (χ1) is 5.55. The Balaban J connectivity index is 2.98. The molecule has 1 N–H and O–H groups in total. The summed E-state index contributed by atoms with van der Waals surface area (Å²) in [6.07, 6.45) is 0. The van der Waals surface area contributed by atoms with E-state index in [1.807, 2.05) is 44.4 Å². The smallest absolute Gasteiger partial charge is 0.141 e. The molecule has 0 amide bonds. The van der Waals surface area contributed by atoms with Crippen LogP contribution in [0.1, 0.15) is 12.5 Å². The molecular formula is C10H15NO. The number of hydrogen-bond donors (Lipinski definition) is 1. The third-order valence-electron chi connectivity index (χ3n) is 2.19. The van der Waals surface area contributed by atoms with Crippen molar-refractivity contribution in [3.63, 3.8) is 0 Å². The van der Waals surface area contributed by atoms with Crippen molar-refractivity contribution in [2.75, 3.05) is 14.1 Å². The fourth-order valence-corrected chi connectivity index (χ4v) is 1.01. The summed E-state index contributed by atoms with van der Waals surface area (Å²) in [5.74, 6) is 0. The number of hydrogen-bond acceptors (Lipinski definition) is 2. The summed E-state index contributed by atoms with van der Waals surface area (Å²) in [6, 6.07) is 9.62. The minimum atomic E-state index is -0.874. The Morgan fingerprint density at radius 2 is 1.67 bits per heavy atom. The largest absolute Gasteiger partial charge is 0.372 e. The molecule has 12 heavy (non-hydrogen) atoms. The van der Waals surface area contributed by atoms with Gasteiger partial charge < -0.3 is 5.11 Å². The third kappa shape index (κ3) is 1.65. The van der Waals surface area contributed by atoms with E-state index >= 15 is 0 Å². The summed E-state index contributed by atoms with van der Waals surface area (Å²) in [4.78, 5) is 1.78. The van der Waals surface area contributed by atoms with E-state index in [0.717, 1.165) is 5.56 Å². The summed E-state index contributed by atoms with van der Waals surface area (Å²) in [5, 5.41) is 9.99. The number of nitrogens with zero attached hydrogens (tertiary/aromatic N) is 1. The molecule has 0 radical (unpaired) electrons. The summed E-state index contributed by atoms with van der Waals surface area (Å²) in [5.41, 5.74) is 0.0383. The zero-order chi connectivity index (χ0) is 9.19. The normalized spacial score (nSPS) is 16.1. The van der Waals surface area contributed by atoms with Crippen LogP contribution in [0.2, 0.25) is 0 Å². The van der Waals surface area contributed by atoms with Gasteiger partial charge in [-0.25, -0.2) is 0 Å². The second kappa shape index (κ2) is 3.25. The maximum Gasteiger partial charge on any atom is 0.141 e. The zero-order valence-corrected chi connectivity index (χ0v) is 7.78. The van der Waals surface area contributed by atoms with Crippen molar-refractivity contribution in [3.05, 3.63) is 35.9 Å². The lowest BCUT2D eigenvalue weighted by atomic mass is 10.0. The van der Waals surface area contributed by atoms with Crippen LogP contribution in [-0.2, 0) is 5.72 Å². The van der Waals surface area contributed by atoms with Gasteiger partial charge in [0.15, 0.2) is 0 Å². The van der Waals surface area contributed by atoms with Crippen LogP contribution in [0.4, 0.5) is 0 Å². The molecule has 0 fully saturated rings. The summed E-state index contributed by atoms with van der Waals surface area (Å²) >= 11 is 0. The first kappa shape index (κ1) is 9.23. The highest BCUT2D eigenvalue weighted by Gasteiger charge is 2.24. The lowest BCUT2D eigenvalue weighted by molar-refractivity contribution is -0.0720. The van der Waals surface area contributed by atoms with Crippen LogP contribution < -0.4 is 0 Å². The minimum Gasteiger partial charge on any atom is -0.372 e. The van der Waals surface area contributed by atoms with E-state index in [4.69, 9.17) is 0 Å². The first-order valence-corrected chi connectivity index (χ1v) is 4.00. The molecule has 1 rings (SSSR count). The van der Waals surface area contributed by atoms with Crippen LogP contribution in [0.15, 0.2) is 30.3 Å². The van der Waals surface area contributed by atoms with Gasteiger partial charge in [0.2, 0.25) is 0 Å². The van der Waals surface area contributed by atoms with E-state index in [1.54, 1.807) is 11.8 Å². The second-order valence-corrected chi connectivity index (χ2v) is 3.28. The van der Waals surface area contributed by atoms with E-state index in [0.29, 0.717) is 0 Å². The molecule has 2 heteroatoms. The van der Waals surface area contributed by atoms with Crippen molar-refractivity contribution in [3.8, 4) is 0 Å². The van der Waals surface area contributed by atoms with Crippen molar-refractivity contribution in [2.45, 2.75) is 12.6 Å². The van der Waals surface area contributed by atoms with Gasteiger partial charge >= 0.3 is 0 Å². The molecule has 1 unspecified atom stereocenters. The van der Waals surface area contributed by atoms with Gasteiger partial charge in [-0.05, 0) is 26.6 Å². The van der Waals surface area contributed by atoms with Crippen LogP contribution >= 0.6 is 0 Å². The lowest BCUT2D eigenvalue weighted by Crippen LogP contribution is -2.38. The van der Waals surface area contributed by atoms with Crippen molar-refractivity contribution in [1.82, 2.24) is 4.90 Å². The average Bonchev–Trinajstić information content (AvgIpc) is 2.06. The molecule has 0 aliphatic carbocycles. The van der Waals surface area contributed by atoms with Gasteiger partial charge in [0.25, 0.3) is 0 Å². The van der Waals surface area contributed by atoms with Crippen molar-refractivity contribution < 1.29 is 5.11 Å². The molecule has 0 aromatic heterocycles. The van der Waals surface area contributed by atoms with Crippen LogP contribution in [0.25, 0.3) is 0 Å². The van der Waals surface area contributed by atoms with Crippen LogP contribution in [0.3, 0.4) is 0 Å². The maximum absolute atomic E-state index is 9.99. The molecule has 2 nitrogen and oxygen atoms in total. The molecule has 0 aliphatic heterocycles. The average molecular weight is 165 g/mol. The van der Waals surface area contributed by atoms with Crippen LogP contribution in [0, 0.1) is 0 Å². The van der Waals surface area contributed by atoms with Gasteiger partial charge in [-0.1, -0.05) is 30.3 Å². The Labute approximate surface area is 73.4 Å². The Hall–Kier alpha value is -0.860. The molecule has 0 saturated carbocycles. The molecule has 0 aliphatic rings. The maximum atomic E-state index is 9.99. The van der Waals surface area contributed by atoms with E-state index in [-0.39, 0.29) is 0 Å². The topological polar surface area (TPSA) is 23.5 Å². The molecule has 0 bridgehead atoms. The monoisotopic (exact) mass is 165 g/mol. The Kier molecular flexibility index (Phi) is 2.50. The van der Waals surface area contributed by atoms with E-state index in [1.165, 1.54) is 0 Å². The third-order valence-corrected chi connectivity index (χ3v) is 2.19. The van der Waals surface area contributed by atoms with Crippen molar-refractivity contribution >= 4 is 0 Å². The first-order valence-electron chi connectivity index (χ1n) is 4.00. The number of aliphatic hydroxyl groups is 1. The fraction of sp³-hybridized carbons (Fsp3) is 0.400. The van der Waals surface area contributed by atoms with Gasteiger partial charge in [0.05, 0.1) is 0 Å². The van der Waals surface area contributed by atoms with Crippen LogP contribution in [0.5, 0.6) is 0 Å². The molecule has 1 atom stereocenters. The Bertz CT molecular complexity index is 241. The summed E-state index contributed by atoms with van der Waals surface area (Å²) in [6.45, 7) is 1.78. The Morgan fingerprint density at radius 1 is 1.17 bits per heavy atom. The van der Waals surface area contributed by atoms with Crippen molar-refractivity contribution in [2.24, 2.45) is 0 Å². The van der Waals surface area contributed by atoms with Gasteiger partial charge in [-0.15, -0.1) is 0 Å². The number of rotatable bonds is 2. The molecule has 0 saturated heterocycles. The predicted molar refractivity (Wildman–Crippen MR) is 49.7 cm³/mol. The fourth-order valence-electron chi connectivity index (χ4n) is 1.01. The SMILES string of the molecule is CN(C)C(C)(O)c1ccccc1. The second-order valence-electron chi connectivity index (χ2n) is 3.28. The van der Waals surface area contributed by atoms with Gasteiger partial charge in [-0.2, -0.15) is 0 Å². The van der Waals surface area contributed by atoms with Gasteiger partial charge in [0, 0.05) is 0 Å². The highest BCUT2D eigenvalue weighted by molar-refractivity contribution is 5.20. The highest BCUT2D eigenvalue weighted by Crippen LogP contribution is 2.21. The summed E-state index contributed by atoms with van der Waals surface area (Å²) in [7, 11) is 3.71. The molecule has 0 spiro atoms. The highest BCUT2D eigenvalue weighted by atomic mass is 16.3. The quantitative estimate of drug-likeness (QED) is 0.670. The lowest BCUT2D eigenvalue weighted by Gasteiger charge is -2.31. The summed E-state index contributed by atoms with van der Waals surface area (Å²) < 4.78 is 0. The van der Waals surface area contributed by atoms with E-state index < -0.39 is 5.72 Å². The molecular weight excluding hydrogens is 150 g/mol. The molecule has 1 aromatic carbocycles. The molecule has 66 valence electrons. The Morgan fingerprint density at radius 3 is 2.08 bits per heavy atom. The van der Waals surface area contributed by atoms with Crippen LogP contribution in [-0.4, -0.2) is 24.1 Å². The number of benzene rings is 1. The standard InChI is InChI=1S/C10H15NO/c1-10(12,11(2)3)9-7-5-4-6-8-9/h4-8,12H,1-3H3. The molecule has 1 aromatic rings. The van der Waals surface area contributed by atoms with Crippen molar-refractivity contribution in [1.29, 1.82) is 0 Å². The minimum absolute atomic E-state index is 0.874. The van der Waals surface area contributed by atoms with Gasteiger partial charge in [0.1, 0.15) is 5.72 Å². The molecule has 0 heterocycles. The predicted octanol–water partition coefficient (Wildman–Crippen LogP) is 1.41. The van der Waals surface area contributed by atoms with E-state index in [2.05, 4.69) is 0 Å². The van der Waals surface area contributed by atoms with Gasteiger partial charge in [-0.3, -0.25) is 4.90 Å². The van der Waals surface area contributed by atoms with E-state index in [9.17, 15) is 5.11 Å².